The van der Waals surface area contributed by atoms with E-state index in [1.807, 2.05) is 31.2 Å². The van der Waals surface area contributed by atoms with E-state index in [1.54, 1.807) is 20.8 Å². The molecule has 0 aliphatic heterocycles. The number of benzene rings is 1. The molecular weight excluding hydrogens is 318 g/mol. The van der Waals surface area contributed by atoms with Gasteiger partial charge in [-0.3, -0.25) is 14.6 Å². The lowest BCUT2D eigenvalue weighted by atomic mass is 9.66. The molecule has 1 aliphatic rings. The average molecular weight is 343 g/mol. The molecular formula is C20H25NO4. The Labute approximate surface area is 147 Å². The number of hydrogen-bond acceptors (Lipinski definition) is 3. The minimum atomic E-state index is -0.921. The maximum Gasteiger partial charge on any atom is 0.309 e. The van der Waals surface area contributed by atoms with Crippen molar-refractivity contribution < 1.29 is 19.8 Å². The molecule has 0 radical (unpaired) electrons. The summed E-state index contributed by atoms with van der Waals surface area (Å²) >= 11 is 0. The number of para-hydroxylation sites is 1. The van der Waals surface area contributed by atoms with Gasteiger partial charge < -0.3 is 10.2 Å². The number of aliphatic carboxylic acids is 2. The molecule has 0 spiro atoms. The number of aromatic nitrogens is 1. The Morgan fingerprint density at radius 3 is 2.24 bits per heavy atom. The van der Waals surface area contributed by atoms with E-state index in [0.29, 0.717) is 12.8 Å². The van der Waals surface area contributed by atoms with E-state index in [0.717, 1.165) is 11.2 Å². The number of pyridine rings is 1. The molecule has 0 saturated heterocycles. The molecule has 5 nitrogen and oxygen atoms in total. The lowest BCUT2D eigenvalue weighted by molar-refractivity contribution is -0.157. The molecule has 5 heteroatoms. The summed E-state index contributed by atoms with van der Waals surface area (Å²) < 4.78 is 0. The summed E-state index contributed by atoms with van der Waals surface area (Å²) in [5.74, 6) is -2.34. The van der Waals surface area contributed by atoms with Crippen LogP contribution in [-0.2, 0) is 9.59 Å². The molecule has 1 heterocycles. The van der Waals surface area contributed by atoms with Crippen LogP contribution in [0, 0.1) is 23.7 Å². The van der Waals surface area contributed by atoms with Gasteiger partial charge in [0.15, 0.2) is 0 Å². The van der Waals surface area contributed by atoms with Crippen molar-refractivity contribution in [1.29, 1.82) is 0 Å². The van der Waals surface area contributed by atoms with Crippen molar-refractivity contribution in [3.8, 4) is 0 Å². The van der Waals surface area contributed by atoms with Gasteiger partial charge in [0, 0.05) is 11.1 Å². The number of hydrogen-bond donors (Lipinski definition) is 2. The predicted octanol–water partition coefficient (Wildman–Crippen LogP) is 4.14. The molecule has 1 fully saturated rings. The zero-order valence-corrected chi connectivity index (χ0v) is 15.1. The molecule has 0 bridgehead atoms. The smallest absolute Gasteiger partial charge is 0.309 e. The van der Waals surface area contributed by atoms with Gasteiger partial charge in [0.25, 0.3) is 0 Å². The molecule has 1 aromatic heterocycles. The van der Waals surface area contributed by atoms with Gasteiger partial charge in [-0.1, -0.05) is 38.1 Å². The summed E-state index contributed by atoms with van der Waals surface area (Å²) in [5.41, 5.74) is 0.539. The first-order valence-corrected chi connectivity index (χ1v) is 8.38. The van der Waals surface area contributed by atoms with Gasteiger partial charge in [0.1, 0.15) is 0 Å². The van der Waals surface area contributed by atoms with Crippen LogP contribution in [0.5, 0.6) is 0 Å². The van der Waals surface area contributed by atoms with E-state index in [9.17, 15) is 9.59 Å². The van der Waals surface area contributed by atoms with E-state index in [1.165, 1.54) is 5.39 Å². The van der Waals surface area contributed by atoms with E-state index >= 15 is 0 Å². The predicted molar refractivity (Wildman–Crippen MR) is 96.4 cm³/mol. The maximum atomic E-state index is 11.1. The molecule has 2 aromatic rings. The number of carboxylic acids is 2. The second-order valence-corrected chi connectivity index (χ2v) is 7.43. The standard InChI is InChI=1S/C10H9N.C10H16O4/c1-8-6-7-9-4-2-3-5-10(9)11-8;1-9(2)6(7(11)12)4-5-10(9,3)8(13)14/h2-7H,1H3;6H,4-5H2,1-3H3,(H,11,12)(H,13,14). The highest BCUT2D eigenvalue weighted by Crippen LogP contribution is 2.56. The van der Waals surface area contributed by atoms with Gasteiger partial charge in [-0.15, -0.1) is 0 Å². The Bertz CT molecular complexity index is 799. The van der Waals surface area contributed by atoms with E-state index in [4.69, 9.17) is 10.2 Å². The van der Waals surface area contributed by atoms with Gasteiger partial charge in [0.05, 0.1) is 16.8 Å². The van der Waals surface area contributed by atoms with Crippen LogP contribution in [0.3, 0.4) is 0 Å². The Kier molecular flexibility index (Phi) is 5.16. The molecule has 2 atom stereocenters. The molecule has 3 rings (SSSR count). The fourth-order valence-electron chi connectivity index (χ4n) is 3.48. The van der Waals surface area contributed by atoms with Crippen molar-refractivity contribution in [1.82, 2.24) is 4.98 Å². The van der Waals surface area contributed by atoms with E-state index in [-0.39, 0.29) is 0 Å². The molecule has 2 N–H and O–H groups in total. The van der Waals surface area contributed by atoms with Crippen LogP contribution >= 0.6 is 0 Å². The topological polar surface area (TPSA) is 87.5 Å². The first kappa shape index (κ1) is 18.9. The average Bonchev–Trinajstić information content (AvgIpc) is 2.79. The summed E-state index contributed by atoms with van der Waals surface area (Å²) in [5, 5.41) is 19.3. The number of fused-ring (bicyclic) bond motifs is 1. The van der Waals surface area contributed by atoms with Crippen molar-refractivity contribution >= 4 is 22.8 Å². The fourth-order valence-corrected chi connectivity index (χ4v) is 3.48. The Balaban J connectivity index is 0.000000185. The zero-order chi connectivity index (χ0) is 18.8. The van der Waals surface area contributed by atoms with Crippen molar-refractivity contribution in [3.05, 3.63) is 42.1 Å². The second-order valence-electron chi connectivity index (χ2n) is 7.43. The largest absolute Gasteiger partial charge is 0.481 e. The third kappa shape index (κ3) is 3.50. The SMILES string of the molecule is CC1(C(=O)O)CCC(C(=O)O)C1(C)C.Cc1ccc2ccccc2n1. The van der Waals surface area contributed by atoms with E-state index in [2.05, 4.69) is 17.1 Å². The third-order valence-corrected chi connectivity index (χ3v) is 5.73. The van der Waals surface area contributed by atoms with Crippen LogP contribution in [0.15, 0.2) is 36.4 Å². The van der Waals surface area contributed by atoms with Crippen LogP contribution in [-0.4, -0.2) is 27.1 Å². The normalized spacial score (nSPS) is 24.4. The van der Waals surface area contributed by atoms with Crippen molar-refractivity contribution in [2.75, 3.05) is 0 Å². The molecule has 1 aliphatic carbocycles. The Hall–Kier alpha value is -2.43. The summed E-state index contributed by atoms with van der Waals surface area (Å²) in [7, 11) is 0. The van der Waals surface area contributed by atoms with Crippen LogP contribution in [0.25, 0.3) is 10.9 Å². The number of aryl methyl sites for hydroxylation is 1. The second kappa shape index (κ2) is 6.82. The van der Waals surface area contributed by atoms with Gasteiger partial charge in [-0.25, -0.2) is 0 Å². The molecule has 2 unspecified atom stereocenters. The first-order chi connectivity index (χ1) is 11.6. The minimum Gasteiger partial charge on any atom is -0.481 e. The Morgan fingerprint density at radius 2 is 1.72 bits per heavy atom. The van der Waals surface area contributed by atoms with Crippen molar-refractivity contribution in [2.45, 2.75) is 40.5 Å². The zero-order valence-electron chi connectivity index (χ0n) is 15.1. The molecule has 1 aromatic carbocycles. The Morgan fingerprint density at radius 1 is 1.08 bits per heavy atom. The summed E-state index contributed by atoms with van der Waals surface area (Å²) in [6.45, 7) is 7.10. The van der Waals surface area contributed by atoms with Crippen LogP contribution < -0.4 is 0 Å². The van der Waals surface area contributed by atoms with Crippen LogP contribution in [0.1, 0.15) is 39.3 Å². The first-order valence-electron chi connectivity index (χ1n) is 8.38. The highest BCUT2D eigenvalue weighted by atomic mass is 16.4. The highest BCUT2D eigenvalue weighted by molar-refractivity contribution is 5.80. The van der Waals surface area contributed by atoms with E-state index < -0.39 is 28.7 Å². The molecule has 0 amide bonds. The maximum absolute atomic E-state index is 11.1. The molecule has 1 saturated carbocycles. The number of carbonyl (C=O) groups is 2. The number of nitrogens with zero attached hydrogens (tertiary/aromatic N) is 1. The monoisotopic (exact) mass is 343 g/mol. The lowest BCUT2D eigenvalue weighted by Crippen LogP contribution is -2.42. The summed E-state index contributed by atoms with van der Waals surface area (Å²) in [6, 6.07) is 12.3. The fraction of sp³-hybridized carbons (Fsp3) is 0.450. The summed E-state index contributed by atoms with van der Waals surface area (Å²) in [4.78, 5) is 26.4. The lowest BCUT2D eigenvalue weighted by Gasteiger charge is -2.36. The number of rotatable bonds is 2. The van der Waals surface area contributed by atoms with Gasteiger partial charge in [-0.05, 0) is 44.2 Å². The summed E-state index contributed by atoms with van der Waals surface area (Å²) in [6.07, 6.45) is 0.886. The van der Waals surface area contributed by atoms with Gasteiger partial charge in [-0.2, -0.15) is 0 Å². The van der Waals surface area contributed by atoms with Gasteiger partial charge >= 0.3 is 11.9 Å². The molecule has 25 heavy (non-hydrogen) atoms. The molecule has 134 valence electrons. The quantitative estimate of drug-likeness (QED) is 0.855. The van der Waals surface area contributed by atoms with Crippen LogP contribution in [0.2, 0.25) is 0 Å². The van der Waals surface area contributed by atoms with Crippen molar-refractivity contribution in [3.63, 3.8) is 0 Å². The van der Waals surface area contributed by atoms with Crippen molar-refractivity contribution in [2.24, 2.45) is 16.7 Å². The minimum absolute atomic E-state index is 0.437. The van der Waals surface area contributed by atoms with Gasteiger partial charge in [0.2, 0.25) is 0 Å². The third-order valence-electron chi connectivity index (χ3n) is 5.73. The van der Waals surface area contributed by atoms with Crippen LogP contribution in [0.4, 0.5) is 0 Å². The number of carboxylic acid groups (broad SMARTS) is 2. The highest BCUT2D eigenvalue weighted by Gasteiger charge is 2.58.